The molecule has 0 amide bonds. The van der Waals surface area contributed by atoms with Crippen LogP contribution in [0, 0.1) is 0 Å². The summed E-state index contributed by atoms with van der Waals surface area (Å²) >= 11 is 0.460. The molecule has 0 atom stereocenters. The van der Waals surface area contributed by atoms with Crippen molar-refractivity contribution < 1.29 is 8.74 Å². The van der Waals surface area contributed by atoms with Crippen LogP contribution in [0.3, 0.4) is 0 Å². The molecule has 3 heteroatoms. The van der Waals surface area contributed by atoms with Crippen molar-refractivity contribution in [1.82, 2.24) is 0 Å². The molecule has 0 saturated heterocycles. The summed E-state index contributed by atoms with van der Waals surface area (Å²) in [5.41, 5.74) is 0. The van der Waals surface area contributed by atoms with Gasteiger partial charge in [-0.05, 0) is 6.42 Å². The molecule has 0 bridgehead atoms. The topological polar surface area (TPSA) is 29.5 Å². The zero-order chi connectivity index (χ0) is 6.95. The lowest BCUT2D eigenvalue weighted by atomic mass is 10.2. The molecule has 1 N–H and O–H groups in total. The fourth-order valence-corrected chi connectivity index (χ4v) is 0.817. The summed E-state index contributed by atoms with van der Waals surface area (Å²) in [7, 11) is 0. The molecule has 0 aliphatic carbocycles. The molecule has 2 nitrogen and oxygen atoms in total. The maximum atomic E-state index is 8.12. The lowest BCUT2D eigenvalue weighted by molar-refractivity contribution is 0.330. The lowest BCUT2D eigenvalue weighted by Gasteiger charge is -1.96. The number of rotatable bonds is 6. The van der Waals surface area contributed by atoms with Crippen LogP contribution in [0.2, 0.25) is 0 Å². The largest absolute Gasteiger partial charge is 0.307 e. The summed E-state index contributed by atoms with van der Waals surface area (Å²) in [5, 5.41) is 0. The standard InChI is InChI=1S/C6H14O2S/c1-2-3-4-5-6-8-9-7/h7H,2-6H2,1H3. The summed E-state index contributed by atoms with van der Waals surface area (Å²) in [5.74, 6) is 0. The summed E-state index contributed by atoms with van der Waals surface area (Å²) in [6, 6.07) is 0. The van der Waals surface area contributed by atoms with Gasteiger partial charge in [-0.3, -0.25) is 4.18 Å². The number of hydrogen-bond acceptors (Lipinski definition) is 3. The van der Waals surface area contributed by atoms with Crippen LogP contribution in [0.25, 0.3) is 0 Å². The molecule has 0 unspecified atom stereocenters. The second-order valence-electron chi connectivity index (χ2n) is 1.96. The van der Waals surface area contributed by atoms with Gasteiger partial charge in [0.2, 0.25) is 0 Å². The van der Waals surface area contributed by atoms with Crippen molar-refractivity contribution in [2.45, 2.75) is 32.6 Å². The molecule has 0 aromatic heterocycles. The minimum Gasteiger partial charge on any atom is -0.307 e. The summed E-state index contributed by atoms with van der Waals surface area (Å²) in [6.07, 6.45) is 4.77. The van der Waals surface area contributed by atoms with E-state index in [1.165, 1.54) is 19.3 Å². The van der Waals surface area contributed by atoms with E-state index in [0.717, 1.165) is 6.42 Å². The molecule has 0 rings (SSSR count). The van der Waals surface area contributed by atoms with Crippen molar-refractivity contribution in [3.05, 3.63) is 0 Å². The average molecular weight is 150 g/mol. The Morgan fingerprint density at radius 1 is 1.33 bits per heavy atom. The molecule has 0 fully saturated rings. The molecule has 0 aromatic rings. The molecule has 0 radical (unpaired) electrons. The summed E-state index contributed by atoms with van der Waals surface area (Å²) in [6.45, 7) is 2.84. The first-order chi connectivity index (χ1) is 4.41. The average Bonchev–Trinajstić information content (AvgIpc) is 1.89. The third-order valence-corrected chi connectivity index (χ3v) is 1.41. The van der Waals surface area contributed by atoms with E-state index in [1.54, 1.807) is 0 Å². The molecule has 0 spiro atoms. The highest BCUT2D eigenvalue weighted by molar-refractivity contribution is 7.88. The summed E-state index contributed by atoms with van der Waals surface area (Å²) in [4.78, 5) is 0. The minimum atomic E-state index is 0.460. The lowest BCUT2D eigenvalue weighted by Crippen LogP contribution is -1.85. The highest BCUT2D eigenvalue weighted by Gasteiger charge is 1.86. The Morgan fingerprint density at radius 2 is 2.11 bits per heavy atom. The Balaban J connectivity index is 2.60. The van der Waals surface area contributed by atoms with E-state index in [0.29, 0.717) is 18.9 Å². The van der Waals surface area contributed by atoms with Gasteiger partial charge in [-0.2, -0.15) is 0 Å². The number of unbranched alkanes of at least 4 members (excludes halogenated alkanes) is 3. The van der Waals surface area contributed by atoms with E-state index in [1.807, 2.05) is 0 Å². The quantitative estimate of drug-likeness (QED) is 0.466. The molecule has 0 aromatic carbocycles. The number of hydrogen-bond donors (Lipinski definition) is 1. The SMILES string of the molecule is CCCCCCOSO. The van der Waals surface area contributed by atoms with E-state index < -0.39 is 0 Å². The van der Waals surface area contributed by atoms with Crippen LogP contribution in [0.1, 0.15) is 32.6 Å². The molecule has 0 heterocycles. The molecule has 9 heavy (non-hydrogen) atoms. The molecule has 56 valence electrons. The van der Waals surface area contributed by atoms with Crippen molar-refractivity contribution in [3.8, 4) is 0 Å². The van der Waals surface area contributed by atoms with Crippen molar-refractivity contribution in [2.24, 2.45) is 0 Å². The van der Waals surface area contributed by atoms with Gasteiger partial charge in [-0.25, -0.2) is 0 Å². The third kappa shape index (κ3) is 8.27. The Hall–Kier alpha value is 0.270. The van der Waals surface area contributed by atoms with Crippen molar-refractivity contribution in [2.75, 3.05) is 6.61 Å². The van der Waals surface area contributed by atoms with Crippen LogP contribution in [0.15, 0.2) is 0 Å². The Bertz CT molecular complexity index is 44.3. The van der Waals surface area contributed by atoms with E-state index in [-0.39, 0.29) is 0 Å². The van der Waals surface area contributed by atoms with Crippen molar-refractivity contribution >= 4 is 12.3 Å². The zero-order valence-electron chi connectivity index (χ0n) is 5.80. The first kappa shape index (κ1) is 9.27. The van der Waals surface area contributed by atoms with E-state index in [4.69, 9.17) is 4.55 Å². The highest BCUT2D eigenvalue weighted by Crippen LogP contribution is 2.01. The van der Waals surface area contributed by atoms with E-state index >= 15 is 0 Å². The van der Waals surface area contributed by atoms with E-state index in [9.17, 15) is 0 Å². The zero-order valence-corrected chi connectivity index (χ0v) is 6.62. The monoisotopic (exact) mass is 150 g/mol. The van der Waals surface area contributed by atoms with Crippen LogP contribution in [0.5, 0.6) is 0 Å². The normalized spacial score (nSPS) is 10.0. The van der Waals surface area contributed by atoms with Gasteiger partial charge in [0, 0.05) is 0 Å². The van der Waals surface area contributed by atoms with Gasteiger partial charge in [-0.1, -0.05) is 26.2 Å². The molecule has 0 saturated carbocycles. The predicted molar refractivity (Wildman–Crippen MR) is 40.3 cm³/mol. The van der Waals surface area contributed by atoms with Gasteiger partial charge in [0.05, 0.1) is 6.61 Å². The maximum Gasteiger partial charge on any atom is 0.155 e. The minimum absolute atomic E-state index is 0.460. The fraction of sp³-hybridized carbons (Fsp3) is 1.00. The molecular formula is C6H14O2S. The van der Waals surface area contributed by atoms with Crippen LogP contribution in [-0.4, -0.2) is 11.2 Å². The van der Waals surface area contributed by atoms with Gasteiger partial charge in [0.25, 0.3) is 0 Å². The highest BCUT2D eigenvalue weighted by atomic mass is 32.2. The van der Waals surface area contributed by atoms with Crippen LogP contribution < -0.4 is 0 Å². The third-order valence-electron chi connectivity index (χ3n) is 1.13. The molecule has 0 aliphatic heterocycles. The first-order valence-corrected chi connectivity index (χ1v) is 4.04. The first-order valence-electron chi connectivity index (χ1n) is 3.35. The van der Waals surface area contributed by atoms with Gasteiger partial charge in [0.15, 0.2) is 12.3 Å². The van der Waals surface area contributed by atoms with Gasteiger partial charge in [-0.15, -0.1) is 0 Å². The van der Waals surface area contributed by atoms with Gasteiger partial charge >= 0.3 is 0 Å². The fourth-order valence-electron chi connectivity index (χ4n) is 0.625. The Kier molecular flexibility index (Phi) is 8.52. The van der Waals surface area contributed by atoms with Crippen LogP contribution >= 0.6 is 12.3 Å². The molecule has 0 aliphatic rings. The maximum absolute atomic E-state index is 8.12. The smallest absolute Gasteiger partial charge is 0.155 e. The van der Waals surface area contributed by atoms with Gasteiger partial charge < -0.3 is 4.55 Å². The molecular weight excluding hydrogens is 136 g/mol. The Labute approximate surface area is 61.0 Å². The van der Waals surface area contributed by atoms with Crippen LogP contribution in [0.4, 0.5) is 0 Å². The Morgan fingerprint density at radius 3 is 2.67 bits per heavy atom. The summed E-state index contributed by atoms with van der Waals surface area (Å²) < 4.78 is 12.8. The second kappa shape index (κ2) is 8.27. The van der Waals surface area contributed by atoms with Gasteiger partial charge in [0.1, 0.15) is 0 Å². The van der Waals surface area contributed by atoms with Crippen LogP contribution in [-0.2, 0) is 4.18 Å². The van der Waals surface area contributed by atoms with Crippen molar-refractivity contribution in [1.29, 1.82) is 0 Å². The predicted octanol–water partition coefficient (Wildman–Crippen LogP) is 2.70. The second-order valence-corrected chi connectivity index (χ2v) is 2.34. The van der Waals surface area contributed by atoms with Crippen molar-refractivity contribution in [3.63, 3.8) is 0 Å². The van der Waals surface area contributed by atoms with E-state index in [2.05, 4.69) is 11.1 Å².